The molecule has 5 nitrogen and oxygen atoms in total. The van der Waals surface area contributed by atoms with Gasteiger partial charge in [0, 0.05) is 0 Å². The smallest absolute Gasteiger partial charge is 0.211 e. The van der Waals surface area contributed by atoms with Crippen molar-refractivity contribution < 1.29 is 4.74 Å². The molecule has 92 valence electrons. The fourth-order valence-corrected chi connectivity index (χ4v) is 1.18. The lowest BCUT2D eigenvalue weighted by molar-refractivity contribution is 0.309. The zero-order valence-corrected chi connectivity index (χ0v) is 9.97. The van der Waals surface area contributed by atoms with Gasteiger partial charge in [-0.05, 0) is 24.1 Å². The van der Waals surface area contributed by atoms with Crippen molar-refractivity contribution in [2.45, 2.75) is 19.8 Å². The van der Waals surface area contributed by atoms with Crippen molar-refractivity contribution in [2.75, 3.05) is 6.61 Å². The molecule has 4 N–H and O–H groups in total. The van der Waals surface area contributed by atoms with E-state index in [1.165, 1.54) is 0 Å². The van der Waals surface area contributed by atoms with E-state index in [0.717, 1.165) is 30.8 Å². The van der Waals surface area contributed by atoms with Crippen molar-refractivity contribution >= 4 is 12.2 Å². The molecule has 0 bridgehead atoms. The Morgan fingerprint density at radius 1 is 1.41 bits per heavy atom. The summed E-state index contributed by atoms with van der Waals surface area (Å²) < 4.78 is 5.57. The molecule has 0 radical (unpaired) electrons. The number of nitrogens with two attached hydrogens (primary N) is 2. The monoisotopic (exact) mass is 234 g/mol. The molecule has 0 spiro atoms. The van der Waals surface area contributed by atoms with E-state index in [1.807, 2.05) is 24.3 Å². The summed E-state index contributed by atoms with van der Waals surface area (Å²) in [6.45, 7) is 2.85. The average molecular weight is 234 g/mol. The number of rotatable bonds is 6. The lowest BCUT2D eigenvalue weighted by Gasteiger charge is -2.05. The lowest BCUT2D eigenvalue weighted by atomic mass is 10.2. The Hall–Kier alpha value is -2.04. The highest BCUT2D eigenvalue weighted by atomic mass is 16.5. The third-order valence-electron chi connectivity index (χ3n) is 2.00. The number of unbranched alkanes of at least 4 members (excludes halogenated alkanes) is 1. The highest BCUT2D eigenvalue weighted by molar-refractivity contribution is 5.81. The zero-order chi connectivity index (χ0) is 12.5. The fraction of sp³-hybridized carbons (Fsp3) is 0.333. The Morgan fingerprint density at radius 3 is 2.94 bits per heavy atom. The first kappa shape index (κ1) is 13.0. The van der Waals surface area contributed by atoms with Gasteiger partial charge >= 0.3 is 0 Å². The SMILES string of the molecule is CCCCOc1cccc(/C=N/N=C(N)N)c1. The van der Waals surface area contributed by atoms with E-state index in [2.05, 4.69) is 17.1 Å². The minimum Gasteiger partial charge on any atom is -0.494 e. The topological polar surface area (TPSA) is 86.0 Å². The van der Waals surface area contributed by atoms with Gasteiger partial charge in [-0.15, -0.1) is 5.10 Å². The predicted molar refractivity (Wildman–Crippen MR) is 70.2 cm³/mol. The number of guanidine groups is 1. The molecule has 0 aliphatic rings. The Kier molecular flexibility index (Phi) is 5.57. The second-order valence-corrected chi connectivity index (χ2v) is 3.54. The summed E-state index contributed by atoms with van der Waals surface area (Å²) in [5.41, 5.74) is 11.2. The molecular weight excluding hydrogens is 216 g/mol. The molecule has 17 heavy (non-hydrogen) atoms. The summed E-state index contributed by atoms with van der Waals surface area (Å²) in [6, 6.07) is 7.60. The molecular formula is C12H18N4O. The van der Waals surface area contributed by atoms with Gasteiger partial charge in [0.15, 0.2) is 0 Å². The molecule has 0 saturated carbocycles. The van der Waals surface area contributed by atoms with E-state index in [1.54, 1.807) is 6.21 Å². The number of hydrogen-bond donors (Lipinski definition) is 2. The largest absolute Gasteiger partial charge is 0.494 e. The van der Waals surface area contributed by atoms with E-state index in [4.69, 9.17) is 16.2 Å². The van der Waals surface area contributed by atoms with Crippen LogP contribution in [0.5, 0.6) is 5.75 Å². The molecule has 0 aliphatic heterocycles. The lowest BCUT2D eigenvalue weighted by Crippen LogP contribution is -2.21. The van der Waals surface area contributed by atoms with Crippen molar-refractivity contribution in [3.8, 4) is 5.75 Å². The maximum atomic E-state index is 5.57. The standard InChI is InChI=1S/C12H18N4O/c1-2-3-7-17-11-6-4-5-10(8-11)9-15-16-12(13)14/h4-6,8-9H,2-3,7H2,1H3,(H4,13,14,16)/b15-9+. The van der Waals surface area contributed by atoms with E-state index in [-0.39, 0.29) is 5.96 Å². The van der Waals surface area contributed by atoms with Crippen molar-refractivity contribution in [3.63, 3.8) is 0 Å². The number of benzene rings is 1. The molecule has 0 saturated heterocycles. The summed E-state index contributed by atoms with van der Waals surface area (Å²) in [4.78, 5) is 0. The molecule has 0 unspecified atom stereocenters. The van der Waals surface area contributed by atoms with Crippen molar-refractivity contribution in [1.29, 1.82) is 0 Å². The van der Waals surface area contributed by atoms with Crippen LogP contribution in [-0.2, 0) is 0 Å². The normalized spacial score (nSPS) is 10.4. The second kappa shape index (κ2) is 7.27. The van der Waals surface area contributed by atoms with Crippen LogP contribution < -0.4 is 16.2 Å². The molecule has 0 aromatic heterocycles. The van der Waals surface area contributed by atoms with E-state index >= 15 is 0 Å². The van der Waals surface area contributed by atoms with Crippen LogP contribution in [0.3, 0.4) is 0 Å². The maximum Gasteiger partial charge on any atom is 0.211 e. The molecule has 1 aromatic carbocycles. The van der Waals surface area contributed by atoms with Crippen LogP contribution in [0, 0.1) is 0 Å². The van der Waals surface area contributed by atoms with Crippen molar-refractivity contribution in [3.05, 3.63) is 29.8 Å². The quantitative estimate of drug-likeness (QED) is 0.338. The number of ether oxygens (including phenoxy) is 1. The first-order valence-corrected chi connectivity index (χ1v) is 5.57. The predicted octanol–water partition coefficient (Wildman–Crippen LogP) is 1.47. The third-order valence-corrected chi connectivity index (χ3v) is 2.00. The summed E-state index contributed by atoms with van der Waals surface area (Å²) in [5.74, 6) is 0.767. The summed E-state index contributed by atoms with van der Waals surface area (Å²) >= 11 is 0. The van der Waals surface area contributed by atoms with Crippen LogP contribution in [0.4, 0.5) is 0 Å². The van der Waals surface area contributed by atoms with Gasteiger partial charge in [-0.1, -0.05) is 25.5 Å². The average Bonchev–Trinajstić information content (AvgIpc) is 2.29. The maximum absolute atomic E-state index is 5.57. The Bertz CT molecular complexity index is 397. The second-order valence-electron chi connectivity index (χ2n) is 3.54. The van der Waals surface area contributed by atoms with Gasteiger partial charge in [0.05, 0.1) is 12.8 Å². The highest BCUT2D eigenvalue weighted by Crippen LogP contribution is 2.12. The molecule has 0 aliphatic carbocycles. The van der Waals surface area contributed by atoms with E-state index < -0.39 is 0 Å². The Morgan fingerprint density at radius 2 is 2.24 bits per heavy atom. The molecule has 0 amide bonds. The van der Waals surface area contributed by atoms with Gasteiger partial charge in [0.25, 0.3) is 0 Å². The minimum atomic E-state index is -0.0587. The van der Waals surface area contributed by atoms with Crippen LogP contribution in [0.2, 0.25) is 0 Å². The number of nitrogens with zero attached hydrogens (tertiary/aromatic N) is 2. The number of hydrogen-bond acceptors (Lipinski definition) is 3. The van der Waals surface area contributed by atoms with Crippen LogP contribution >= 0.6 is 0 Å². The van der Waals surface area contributed by atoms with E-state index in [0.29, 0.717) is 0 Å². The van der Waals surface area contributed by atoms with Crippen LogP contribution in [0.1, 0.15) is 25.3 Å². The van der Waals surface area contributed by atoms with Gasteiger partial charge in [-0.2, -0.15) is 5.10 Å². The molecule has 1 aromatic rings. The molecule has 5 heteroatoms. The van der Waals surface area contributed by atoms with Crippen LogP contribution in [0.25, 0.3) is 0 Å². The fourth-order valence-electron chi connectivity index (χ4n) is 1.18. The van der Waals surface area contributed by atoms with Crippen molar-refractivity contribution in [2.24, 2.45) is 21.7 Å². The first-order valence-electron chi connectivity index (χ1n) is 5.57. The zero-order valence-electron chi connectivity index (χ0n) is 9.97. The van der Waals surface area contributed by atoms with Crippen molar-refractivity contribution in [1.82, 2.24) is 0 Å². The molecule has 0 heterocycles. The van der Waals surface area contributed by atoms with Gasteiger partial charge in [-0.25, -0.2) is 0 Å². The highest BCUT2D eigenvalue weighted by Gasteiger charge is 1.94. The third kappa shape index (κ3) is 5.55. The van der Waals surface area contributed by atoms with Gasteiger partial charge < -0.3 is 16.2 Å². The molecule has 0 atom stereocenters. The summed E-state index contributed by atoms with van der Waals surface area (Å²) in [5, 5.41) is 7.26. The first-order chi connectivity index (χ1) is 8.22. The van der Waals surface area contributed by atoms with E-state index in [9.17, 15) is 0 Å². The van der Waals surface area contributed by atoms with Gasteiger partial charge in [-0.3, -0.25) is 0 Å². The molecule has 1 rings (SSSR count). The molecule has 0 fully saturated rings. The van der Waals surface area contributed by atoms with Crippen LogP contribution in [0.15, 0.2) is 34.5 Å². The summed E-state index contributed by atoms with van der Waals surface area (Å²) in [7, 11) is 0. The Labute approximate surface area is 101 Å². The van der Waals surface area contributed by atoms with Gasteiger partial charge in [0.1, 0.15) is 5.75 Å². The van der Waals surface area contributed by atoms with Crippen LogP contribution in [-0.4, -0.2) is 18.8 Å². The minimum absolute atomic E-state index is 0.0587. The Balaban J connectivity index is 2.59. The van der Waals surface area contributed by atoms with Gasteiger partial charge in [0.2, 0.25) is 5.96 Å². The summed E-state index contributed by atoms with van der Waals surface area (Å²) in [6.07, 6.45) is 3.74.